The fraction of sp³-hybridized carbons (Fsp3) is 0.462. The third-order valence-electron chi connectivity index (χ3n) is 2.76. The summed E-state index contributed by atoms with van der Waals surface area (Å²) in [5.74, 6) is -0.384. The topological polar surface area (TPSA) is 69.6 Å². The largest absolute Gasteiger partial charge is 0.550 e. The van der Waals surface area contributed by atoms with Crippen LogP contribution in [0, 0.1) is 13.8 Å². The number of benzene rings is 1. The van der Waals surface area contributed by atoms with Crippen LogP contribution in [0.2, 0.25) is 0 Å². The van der Waals surface area contributed by atoms with E-state index in [1.165, 1.54) is 0 Å². The molecule has 0 radical (unpaired) electrons. The molecule has 0 saturated heterocycles. The number of methoxy groups -OCH3 is 1. The van der Waals surface area contributed by atoms with Gasteiger partial charge in [0.15, 0.2) is 0 Å². The van der Waals surface area contributed by atoms with Crippen molar-refractivity contribution in [2.75, 3.05) is 7.11 Å². The molecule has 17 heavy (non-hydrogen) atoms. The van der Waals surface area contributed by atoms with Gasteiger partial charge in [-0.15, -0.1) is 0 Å². The van der Waals surface area contributed by atoms with Crippen molar-refractivity contribution in [3.05, 3.63) is 28.8 Å². The number of hydrogen-bond acceptors (Lipinski definition) is 4. The van der Waals surface area contributed by atoms with Crippen molar-refractivity contribution in [3.8, 4) is 5.75 Å². The van der Waals surface area contributed by atoms with E-state index in [2.05, 4.69) is 0 Å². The summed E-state index contributed by atoms with van der Waals surface area (Å²) in [6.45, 7) is 3.74. The minimum Gasteiger partial charge on any atom is -0.550 e. The van der Waals surface area contributed by atoms with E-state index in [0.29, 0.717) is 0 Å². The van der Waals surface area contributed by atoms with Crippen LogP contribution in [0.5, 0.6) is 5.75 Å². The van der Waals surface area contributed by atoms with Crippen LogP contribution in [-0.4, -0.2) is 18.2 Å². The summed E-state index contributed by atoms with van der Waals surface area (Å²) in [6.07, 6.45) is -0.766. The summed E-state index contributed by atoms with van der Waals surface area (Å²) in [7, 11) is 1.59. The number of aliphatic hydroxyl groups is 1. The highest BCUT2D eigenvalue weighted by Crippen LogP contribution is 2.28. The van der Waals surface area contributed by atoms with Gasteiger partial charge in [-0.2, -0.15) is 0 Å². The number of aryl methyl sites for hydroxylation is 2. The van der Waals surface area contributed by atoms with Crippen molar-refractivity contribution in [2.24, 2.45) is 0 Å². The minimum absolute atomic E-state index is 0.147. The molecule has 0 aliphatic rings. The molecule has 4 nitrogen and oxygen atoms in total. The van der Waals surface area contributed by atoms with Gasteiger partial charge < -0.3 is 19.7 Å². The predicted octanol–water partition coefficient (Wildman–Crippen LogP) is 0.876. The minimum atomic E-state index is -1.15. The number of carboxylic acid groups (broad SMARTS) is 1. The second kappa shape index (κ2) is 5.68. The Kier molecular flexibility index (Phi) is 4.52. The van der Waals surface area contributed by atoms with Crippen molar-refractivity contribution in [1.29, 1.82) is 0 Å². The molecule has 0 aliphatic carbocycles. The SMILES string of the molecule is COc1cc(C)c([C@H](O)CCC(=O)[O-])cc1C. The van der Waals surface area contributed by atoms with Gasteiger partial charge in [0.25, 0.3) is 0 Å². The van der Waals surface area contributed by atoms with E-state index in [0.717, 1.165) is 22.4 Å². The van der Waals surface area contributed by atoms with Crippen LogP contribution in [-0.2, 0) is 4.79 Å². The van der Waals surface area contributed by atoms with Crippen molar-refractivity contribution in [3.63, 3.8) is 0 Å². The van der Waals surface area contributed by atoms with Gasteiger partial charge in [0.05, 0.1) is 13.2 Å². The molecule has 1 N–H and O–H groups in total. The number of aliphatic hydroxyl groups excluding tert-OH is 1. The molecule has 1 aromatic carbocycles. The fourth-order valence-corrected chi connectivity index (χ4v) is 1.80. The Bertz CT molecular complexity index is 412. The lowest BCUT2D eigenvalue weighted by molar-refractivity contribution is -0.306. The summed E-state index contributed by atoms with van der Waals surface area (Å²) in [5.41, 5.74) is 2.54. The third-order valence-corrected chi connectivity index (χ3v) is 2.76. The maximum Gasteiger partial charge on any atom is 0.122 e. The summed E-state index contributed by atoms with van der Waals surface area (Å²) in [6, 6.07) is 3.67. The molecule has 0 fully saturated rings. The molecule has 0 saturated carbocycles. The Morgan fingerprint density at radius 3 is 2.59 bits per heavy atom. The van der Waals surface area contributed by atoms with Gasteiger partial charge in [-0.05, 0) is 55.5 Å². The van der Waals surface area contributed by atoms with Gasteiger partial charge >= 0.3 is 0 Å². The van der Waals surface area contributed by atoms with Crippen molar-refractivity contribution >= 4 is 5.97 Å². The number of carboxylic acids is 1. The number of aliphatic carboxylic acids is 1. The van der Waals surface area contributed by atoms with Gasteiger partial charge in [-0.1, -0.05) is 0 Å². The Balaban J connectivity index is 2.90. The molecular formula is C13H17O4-. The first-order chi connectivity index (χ1) is 7.95. The maximum atomic E-state index is 10.3. The van der Waals surface area contributed by atoms with Gasteiger partial charge in [0.2, 0.25) is 0 Å². The molecule has 1 aromatic rings. The second-order valence-electron chi connectivity index (χ2n) is 4.10. The van der Waals surface area contributed by atoms with Crippen LogP contribution >= 0.6 is 0 Å². The van der Waals surface area contributed by atoms with Crippen molar-refractivity contribution in [2.45, 2.75) is 32.8 Å². The van der Waals surface area contributed by atoms with Crippen LogP contribution in [0.4, 0.5) is 0 Å². The normalized spacial score (nSPS) is 12.2. The molecule has 0 unspecified atom stereocenters. The van der Waals surface area contributed by atoms with E-state index in [-0.39, 0.29) is 12.8 Å². The predicted molar refractivity (Wildman–Crippen MR) is 61.7 cm³/mol. The van der Waals surface area contributed by atoms with Gasteiger partial charge in [-0.3, -0.25) is 0 Å². The van der Waals surface area contributed by atoms with E-state index < -0.39 is 12.1 Å². The highest BCUT2D eigenvalue weighted by Gasteiger charge is 2.12. The molecule has 0 aliphatic heterocycles. The quantitative estimate of drug-likeness (QED) is 0.825. The Hall–Kier alpha value is -1.55. The van der Waals surface area contributed by atoms with Gasteiger partial charge in [0.1, 0.15) is 5.75 Å². The summed E-state index contributed by atoms with van der Waals surface area (Å²) in [4.78, 5) is 10.3. The molecule has 1 rings (SSSR count). The Morgan fingerprint density at radius 2 is 2.06 bits per heavy atom. The molecule has 0 heterocycles. The van der Waals surface area contributed by atoms with Crippen LogP contribution in [0.1, 0.15) is 35.6 Å². The van der Waals surface area contributed by atoms with E-state index in [1.54, 1.807) is 7.11 Å². The zero-order valence-electron chi connectivity index (χ0n) is 10.3. The smallest absolute Gasteiger partial charge is 0.122 e. The standard InChI is InChI=1S/C13H18O4/c1-8-7-12(17-3)9(2)6-10(8)11(14)4-5-13(15)16/h6-7,11,14H,4-5H2,1-3H3,(H,15,16)/p-1/t11-/m1/s1. The van der Waals surface area contributed by atoms with Gasteiger partial charge in [0, 0.05) is 5.97 Å². The number of carbonyl (C=O) groups excluding carboxylic acids is 1. The van der Waals surface area contributed by atoms with E-state index >= 15 is 0 Å². The van der Waals surface area contributed by atoms with Crippen LogP contribution in [0.25, 0.3) is 0 Å². The highest BCUT2D eigenvalue weighted by atomic mass is 16.5. The molecular weight excluding hydrogens is 220 g/mol. The van der Waals surface area contributed by atoms with Gasteiger partial charge in [-0.25, -0.2) is 0 Å². The van der Waals surface area contributed by atoms with Crippen molar-refractivity contribution < 1.29 is 19.7 Å². The average Bonchev–Trinajstić information content (AvgIpc) is 2.28. The molecule has 94 valence electrons. The summed E-state index contributed by atoms with van der Waals surface area (Å²) < 4.78 is 5.17. The summed E-state index contributed by atoms with van der Waals surface area (Å²) >= 11 is 0. The number of hydrogen-bond donors (Lipinski definition) is 1. The zero-order valence-corrected chi connectivity index (χ0v) is 10.3. The number of carbonyl (C=O) groups is 1. The third kappa shape index (κ3) is 3.46. The Morgan fingerprint density at radius 1 is 1.41 bits per heavy atom. The van der Waals surface area contributed by atoms with Crippen LogP contribution < -0.4 is 9.84 Å². The second-order valence-corrected chi connectivity index (χ2v) is 4.10. The zero-order chi connectivity index (χ0) is 13.0. The lowest BCUT2D eigenvalue weighted by atomic mass is 9.97. The number of rotatable bonds is 5. The molecule has 0 spiro atoms. The molecule has 0 bridgehead atoms. The highest BCUT2D eigenvalue weighted by molar-refractivity contribution is 5.64. The van der Waals surface area contributed by atoms with Crippen LogP contribution in [0.15, 0.2) is 12.1 Å². The van der Waals surface area contributed by atoms with E-state index in [9.17, 15) is 15.0 Å². The fourth-order valence-electron chi connectivity index (χ4n) is 1.80. The number of ether oxygens (including phenoxy) is 1. The monoisotopic (exact) mass is 237 g/mol. The lowest BCUT2D eigenvalue weighted by Crippen LogP contribution is -2.22. The van der Waals surface area contributed by atoms with E-state index in [4.69, 9.17) is 4.74 Å². The molecule has 1 atom stereocenters. The van der Waals surface area contributed by atoms with Crippen LogP contribution in [0.3, 0.4) is 0 Å². The Labute approximate surface area is 101 Å². The first-order valence-corrected chi connectivity index (χ1v) is 5.48. The molecule has 4 heteroatoms. The summed E-state index contributed by atoms with van der Waals surface area (Å²) in [5, 5.41) is 20.3. The lowest BCUT2D eigenvalue weighted by Gasteiger charge is -2.16. The molecule has 0 aromatic heterocycles. The average molecular weight is 237 g/mol. The first-order valence-electron chi connectivity index (χ1n) is 5.48. The first kappa shape index (κ1) is 13.5. The van der Waals surface area contributed by atoms with E-state index in [1.807, 2.05) is 26.0 Å². The molecule has 0 amide bonds. The van der Waals surface area contributed by atoms with Crippen molar-refractivity contribution in [1.82, 2.24) is 0 Å². The maximum absolute atomic E-state index is 10.3.